The van der Waals surface area contributed by atoms with Gasteiger partial charge >= 0.3 is 5.97 Å². The first-order valence-electron chi connectivity index (χ1n) is 9.84. The van der Waals surface area contributed by atoms with Crippen molar-refractivity contribution in [1.29, 1.82) is 0 Å². The second-order valence-corrected chi connectivity index (χ2v) is 8.75. The Morgan fingerprint density at radius 3 is 3.07 bits per heavy atom. The quantitative estimate of drug-likeness (QED) is 0.606. The number of ether oxygens (including phenoxy) is 3. The zero-order valence-corrected chi connectivity index (χ0v) is 15.4. The standard InChI is InChI=1S/C21H22N2O4/c1-3-11-10-23-15-8-13(11)20(18(24)25-2)17(23)26-16-9-19(20)12-6-4-5-7-14(12)22-21(15,19)27-16/h3-7,13,15-17,22H,8-10H2,1-2H3/b11-3+/t13-,15-,16-,17-,19-,20-,21-/m0/s1. The second kappa shape index (κ2) is 4.24. The average molecular weight is 366 g/mol. The van der Waals surface area contributed by atoms with Gasteiger partial charge in [0.2, 0.25) is 0 Å². The maximum atomic E-state index is 13.7. The van der Waals surface area contributed by atoms with Crippen molar-refractivity contribution >= 4 is 11.7 Å². The highest BCUT2D eigenvalue weighted by Gasteiger charge is 2.92. The van der Waals surface area contributed by atoms with Crippen LogP contribution in [0, 0.1) is 11.3 Å². The zero-order valence-electron chi connectivity index (χ0n) is 15.4. The molecule has 1 aliphatic carbocycles. The molecule has 6 saturated heterocycles. The van der Waals surface area contributed by atoms with Crippen LogP contribution in [0.4, 0.5) is 5.69 Å². The number of methoxy groups -OCH3 is 1. The summed E-state index contributed by atoms with van der Waals surface area (Å²) in [4.78, 5) is 16.0. The molecule has 0 amide bonds. The molecule has 0 radical (unpaired) electrons. The molecule has 7 aliphatic heterocycles. The van der Waals surface area contributed by atoms with E-state index >= 15 is 0 Å². The van der Waals surface area contributed by atoms with Crippen LogP contribution in [-0.4, -0.2) is 48.8 Å². The molecular formula is C21H22N2O4. The molecule has 7 heterocycles. The van der Waals surface area contributed by atoms with Crippen LogP contribution in [0.15, 0.2) is 35.9 Å². The van der Waals surface area contributed by atoms with Crippen LogP contribution < -0.4 is 5.32 Å². The van der Waals surface area contributed by atoms with Crippen LogP contribution in [-0.2, 0) is 24.4 Å². The number of hydrogen-bond acceptors (Lipinski definition) is 6. The number of benzene rings is 1. The molecule has 6 heteroatoms. The predicted octanol–water partition coefficient (Wildman–Crippen LogP) is 1.97. The van der Waals surface area contributed by atoms with E-state index in [1.807, 2.05) is 6.07 Å². The molecule has 140 valence electrons. The molecule has 0 aromatic heterocycles. The number of nitrogens with zero attached hydrogens (tertiary/aromatic N) is 1. The molecule has 1 saturated carbocycles. The molecule has 8 atom stereocenters. The summed E-state index contributed by atoms with van der Waals surface area (Å²) in [6.07, 6.45) is 3.20. The van der Waals surface area contributed by atoms with E-state index < -0.39 is 16.6 Å². The van der Waals surface area contributed by atoms with Crippen molar-refractivity contribution in [2.45, 2.75) is 49.5 Å². The normalized spacial score (nSPS) is 53.4. The number of hydrogen-bond donors (Lipinski definition) is 1. The lowest BCUT2D eigenvalue weighted by molar-refractivity contribution is -0.303. The maximum Gasteiger partial charge on any atom is 0.317 e. The van der Waals surface area contributed by atoms with Gasteiger partial charge in [-0.1, -0.05) is 29.8 Å². The number of piperidine rings is 4. The smallest absolute Gasteiger partial charge is 0.317 e. The summed E-state index contributed by atoms with van der Waals surface area (Å²) < 4.78 is 18.6. The van der Waals surface area contributed by atoms with Crippen molar-refractivity contribution in [2.75, 3.05) is 19.0 Å². The largest absolute Gasteiger partial charge is 0.468 e. The highest BCUT2D eigenvalue weighted by molar-refractivity contribution is 5.87. The first-order chi connectivity index (χ1) is 13.1. The third-order valence-corrected chi connectivity index (χ3v) is 8.39. The van der Waals surface area contributed by atoms with E-state index in [4.69, 9.17) is 14.2 Å². The number of carbonyl (C=O) groups is 1. The topological polar surface area (TPSA) is 60.0 Å². The first-order valence-corrected chi connectivity index (χ1v) is 9.84. The number of allylic oxidation sites excluding steroid dienone is 1. The zero-order chi connectivity index (χ0) is 18.2. The molecule has 1 aromatic rings. The van der Waals surface area contributed by atoms with Crippen LogP contribution in [0.25, 0.3) is 0 Å². The Kier molecular flexibility index (Phi) is 2.37. The number of para-hydroxylation sites is 1. The van der Waals surface area contributed by atoms with Gasteiger partial charge in [-0.3, -0.25) is 9.69 Å². The average Bonchev–Trinajstić information content (AvgIpc) is 3.11. The van der Waals surface area contributed by atoms with E-state index in [0.717, 1.165) is 18.7 Å². The third kappa shape index (κ3) is 1.18. The number of rotatable bonds is 1. The van der Waals surface area contributed by atoms with Gasteiger partial charge in [-0.25, -0.2) is 0 Å². The van der Waals surface area contributed by atoms with Crippen molar-refractivity contribution in [3.63, 3.8) is 0 Å². The molecule has 1 aromatic carbocycles. The minimum atomic E-state index is -0.788. The van der Waals surface area contributed by atoms with Crippen LogP contribution >= 0.6 is 0 Å². The summed E-state index contributed by atoms with van der Waals surface area (Å²) in [5.41, 5.74) is 1.73. The number of fused-ring (bicyclic) bond motifs is 3. The summed E-state index contributed by atoms with van der Waals surface area (Å²) in [7, 11) is 1.51. The lowest BCUT2D eigenvalue weighted by Crippen LogP contribution is -2.88. The lowest BCUT2D eigenvalue weighted by Gasteiger charge is -2.73. The van der Waals surface area contributed by atoms with E-state index in [-0.39, 0.29) is 30.4 Å². The molecule has 7 bridgehead atoms. The van der Waals surface area contributed by atoms with Gasteiger partial charge < -0.3 is 19.5 Å². The Labute approximate surface area is 157 Å². The van der Waals surface area contributed by atoms with Gasteiger partial charge in [0, 0.05) is 24.6 Å². The first kappa shape index (κ1) is 15.1. The molecule has 1 N–H and O–H groups in total. The molecule has 8 aliphatic rings. The fraction of sp³-hybridized carbons (Fsp3) is 0.571. The molecule has 1 unspecified atom stereocenters. The van der Waals surface area contributed by atoms with Gasteiger partial charge in [0.15, 0.2) is 12.0 Å². The Balaban J connectivity index is 1.63. The molecule has 27 heavy (non-hydrogen) atoms. The number of esters is 1. The molecular weight excluding hydrogens is 344 g/mol. The summed E-state index contributed by atoms with van der Waals surface area (Å²) >= 11 is 0. The molecule has 9 rings (SSSR count). The predicted molar refractivity (Wildman–Crippen MR) is 95.6 cm³/mol. The fourth-order valence-corrected chi connectivity index (χ4v) is 7.80. The van der Waals surface area contributed by atoms with Crippen molar-refractivity contribution in [2.24, 2.45) is 11.3 Å². The summed E-state index contributed by atoms with van der Waals surface area (Å²) in [5, 5.41) is 3.74. The monoisotopic (exact) mass is 366 g/mol. The second-order valence-electron chi connectivity index (χ2n) is 8.75. The van der Waals surface area contributed by atoms with E-state index in [1.54, 1.807) is 0 Å². The van der Waals surface area contributed by atoms with Gasteiger partial charge in [-0.2, -0.15) is 0 Å². The number of nitrogens with one attached hydrogen (secondary N) is 1. The van der Waals surface area contributed by atoms with Crippen LogP contribution in [0.2, 0.25) is 0 Å². The Hall–Kier alpha value is -1.89. The molecule has 6 nitrogen and oxygen atoms in total. The highest BCUT2D eigenvalue weighted by atomic mass is 16.7. The van der Waals surface area contributed by atoms with E-state index in [9.17, 15) is 4.79 Å². The molecule has 1 spiro atoms. The Morgan fingerprint density at radius 2 is 2.26 bits per heavy atom. The number of carbonyl (C=O) groups excluding carboxylic acids is 1. The Bertz CT molecular complexity index is 946. The van der Waals surface area contributed by atoms with Gasteiger partial charge in [-0.15, -0.1) is 0 Å². The van der Waals surface area contributed by atoms with Gasteiger partial charge in [0.1, 0.15) is 11.6 Å². The number of anilines is 1. The van der Waals surface area contributed by atoms with E-state index in [1.165, 1.54) is 18.2 Å². The van der Waals surface area contributed by atoms with Crippen molar-refractivity contribution in [3.05, 3.63) is 41.5 Å². The molecule has 7 fully saturated rings. The van der Waals surface area contributed by atoms with E-state index in [0.29, 0.717) is 6.42 Å². The summed E-state index contributed by atoms with van der Waals surface area (Å²) in [5.74, 6) is -0.0368. The minimum absolute atomic E-state index is 0.124. The lowest BCUT2D eigenvalue weighted by atomic mass is 9.39. The minimum Gasteiger partial charge on any atom is -0.468 e. The SMILES string of the molecule is C/C=C1\CN2[C@H]3O[C@@H]4C[C@@]56c7ccccc7N[C@]5(O4)[C@@H]2C[C@@H]1[C@@]36C(=O)OC. The fourth-order valence-electron chi connectivity index (χ4n) is 7.80. The maximum absolute atomic E-state index is 13.7. The van der Waals surface area contributed by atoms with E-state index in [2.05, 4.69) is 41.4 Å². The summed E-state index contributed by atoms with van der Waals surface area (Å²) in [6, 6.07) is 8.57. The Morgan fingerprint density at radius 1 is 1.41 bits per heavy atom. The third-order valence-electron chi connectivity index (χ3n) is 8.39. The van der Waals surface area contributed by atoms with Crippen molar-refractivity contribution in [1.82, 2.24) is 4.90 Å². The van der Waals surface area contributed by atoms with Crippen molar-refractivity contribution in [3.8, 4) is 0 Å². The highest BCUT2D eigenvalue weighted by Crippen LogP contribution is 2.79. The van der Waals surface area contributed by atoms with Crippen LogP contribution in [0.5, 0.6) is 0 Å². The van der Waals surface area contributed by atoms with Gasteiger partial charge in [-0.05, 0) is 25.0 Å². The van der Waals surface area contributed by atoms with Gasteiger partial charge in [0.25, 0.3) is 0 Å². The van der Waals surface area contributed by atoms with Crippen molar-refractivity contribution < 1.29 is 19.0 Å². The van der Waals surface area contributed by atoms with Crippen LogP contribution in [0.3, 0.4) is 0 Å². The summed E-state index contributed by atoms with van der Waals surface area (Å²) in [6.45, 7) is 2.92. The van der Waals surface area contributed by atoms with Crippen LogP contribution in [0.1, 0.15) is 25.3 Å². The van der Waals surface area contributed by atoms with Gasteiger partial charge in [0.05, 0.1) is 18.6 Å².